The van der Waals surface area contributed by atoms with Gasteiger partial charge in [0.1, 0.15) is 5.01 Å². The van der Waals surface area contributed by atoms with Crippen molar-refractivity contribution in [2.24, 2.45) is 0 Å². The highest BCUT2D eigenvalue weighted by Crippen LogP contribution is 2.22. The summed E-state index contributed by atoms with van der Waals surface area (Å²) in [7, 11) is 0. The average molecular weight is 333 g/mol. The Balaban J connectivity index is 1.58. The van der Waals surface area contributed by atoms with Gasteiger partial charge in [-0.25, -0.2) is 9.97 Å². The summed E-state index contributed by atoms with van der Waals surface area (Å²) in [5, 5.41) is 4.70. The molecule has 0 radical (unpaired) electrons. The number of thiazole rings is 1. The van der Waals surface area contributed by atoms with Crippen molar-refractivity contribution < 1.29 is 0 Å². The first-order chi connectivity index (χ1) is 11.1. The Morgan fingerprint density at radius 2 is 2.35 bits per heavy atom. The van der Waals surface area contributed by atoms with E-state index in [2.05, 4.69) is 39.0 Å². The van der Waals surface area contributed by atoms with Crippen molar-refractivity contribution in [1.82, 2.24) is 20.3 Å². The van der Waals surface area contributed by atoms with Gasteiger partial charge in [0.05, 0.1) is 0 Å². The normalized spacial score (nSPS) is 18.6. The van der Waals surface area contributed by atoms with Gasteiger partial charge in [-0.1, -0.05) is 13.8 Å². The van der Waals surface area contributed by atoms with E-state index in [0.29, 0.717) is 17.8 Å². The molecule has 124 valence electrons. The molecule has 1 saturated heterocycles. The van der Waals surface area contributed by atoms with Crippen molar-refractivity contribution in [2.75, 3.05) is 18.0 Å². The van der Waals surface area contributed by atoms with Gasteiger partial charge >= 0.3 is 0 Å². The van der Waals surface area contributed by atoms with Crippen LogP contribution in [0.3, 0.4) is 0 Å². The quantitative estimate of drug-likeness (QED) is 0.877. The molecule has 1 aliphatic rings. The third-order valence-electron chi connectivity index (χ3n) is 4.09. The molecule has 2 aromatic heterocycles. The van der Waals surface area contributed by atoms with Crippen LogP contribution in [-0.2, 0) is 6.54 Å². The number of anilines is 1. The Bertz CT molecular complexity index is 696. The van der Waals surface area contributed by atoms with E-state index in [-0.39, 0.29) is 5.56 Å². The van der Waals surface area contributed by atoms with Gasteiger partial charge in [-0.05, 0) is 18.8 Å². The summed E-state index contributed by atoms with van der Waals surface area (Å²) in [5.74, 6) is 1.05. The van der Waals surface area contributed by atoms with Gasteiger partial charge in [0.25, 0.3) is 5.56 Å². The molecule has 2 aromatic rings. The van der Waals surface area contributed by atoms with Crippen molar-refractivity contribution >= 4 is 17.2 Å². The fourth-order valence-electron chi connectivity index (χ4n) is 2.81. The molecule has 0 unspecified atom stereocenters. The van der Waals surface area contributed by atoms with E-state index in [1.807, 2.05) is 6.20 Å². The largest absolute Gasteiger partial charge is 0.350 e. The molecule has 0 bridgehead atoms. The molecule has 2 N–H and O–H groups in total. The number of aromatic nitrogens is 3. The van der Waals surface area contributed by atoms with Gasteiger partial charge in [0.15, 0.2) is 5.82 Å². The van der Waals surface area contributed by atoms with Crippen molar-refractivity contribution in [1.29, 1.82) is 0 Å². The molecule has 0 amide bonds. The predicted molar refractivity (Wildman–Crippen MR) is 93.1 cm³/mol. The van der Waals surface area contributed by atoms with Crippen LogP contribution in [0.1, 0.15) is 42.5 Å². The second kappa shape index (κ2) is 7.23. The summed E-state index contributed by atoms with van der Waals surface area (Å²) in [6, 6.07) is 0.358. The Labute approximate surface area is 140 Å². The zero-order chi connectivity index (χ0) is 16.2. The maximum absolute atomic E-state index is 11.9. The minimum Gasteiger partial charge on any atom is -0.350 e. The number of aromatic amines is 1. The third kappa shape index (κ3) is 3.97. The van der Waals surface area contributed by atoms with E-state index < -0.39 is 0 Å². The van der Waals surface area contributed by atoms with E-state index >= 15 is 0 Å². The van der Waals surface area contributed by atoms with Crippen LogP contribution in [0.25, 0.3) is 0 Å². The monoisotopic (exact) mass is 333 g/mol. The van der Waals surface area contributed by atoms with Gasteiger partial charge in [-0.3, -0.25) is 4.79 Å². The summed E-state index contributed by atoms with van der Waals surface area (Å²) in [6.07, 6.45) is 7.36. The van der Waals surface area contributed by atoms with Crippen molar-refractivity contribution in [3.8, 4) is 0 Å². The highest BCUT2D eigenvalue weighted by Gasteiger charge is 2.22. The van der Waals surface area contributed by atoms with E-state index in [1.54, 1.807) is 23.7 Å². The highest BCUT2D eigenvalue weighted by atomic mass is 32.1. The molecule has 0 saturated carbocycles. The standard InChI is InChI=1S/C16H23N5OS/c1-11(2)13-8-20-14(23-13)9-19-12-4-3-7-21(10-12)15-16(22)18-6-5-17-15/h5-6,8,11-12,19H,3-4,7,9-10H2,1-2H3,(H,18,22)/t12-/m1/s1. The third-order valence-corrected chi connectivity index (χ3v) is 5.39. The Morgan fingerprint density at radius 1 is 1.48 bits per heavy atom. The van der Waals surface area contributed by atoms with Gasteiger partial charge in [0.2, 0.25) is 0 Å². The Kier molecular flexibility index (Phi) is 5.07. The SMILES string of the molecule is CC(C)c1cnc(CN[C@@H]2CCCN(c3ncc[nH]c3=O)C2)s1. The average Bonchev–Trinajstić information content (AvgIpc) is 3.03. The molecule has 3 heterocycles. The maximum Gasteiger partial charge on any atom is 0.290 e. The predicted octanol–water partition coefficient (Wildman–Crippen LogP) is 2.11. The molecule has 6 nitrogen and oxygen atoms in total. The van der Waals surface area contributed by atoms with Crippen molar-refractivity contribution in [2.45, 2.75) is 45.2 Å². The van der Waals surface area contributed by atoms with Crippen LogP contribution in [0.4, 0.5) is 5.82 Å². The van der Waals surface area contributed by atoms with Gasteiger partial charge in [0, 0.05) is 49.1 Å². The maximum atomic E-state index is 11.9. The molecule has 0 aliphatic carbocycles. The van der Waals surface area contributed by atoms with Crippen LogP contribution in [0.15, 0.2) is 23.4 Å². The molecule has 1 fully saturated rings. The van der Waals surface area contributed by atoms with Crippen molar-refractivity contribution in [3.05, 3.63) is 38.8 Å². The van der Waals surface area contributed by atoms with Gasteiger partial charge < -0.3 is 15.2 Å². The molecular weight excluding hydrogens is 310 g/mol. The van der Waals surface area contributed by atoms with Crippen LogP contribution in [0.5, 0.6) is 0 Å². The topological polar surface area (TPSA) is 73.9 Å². The summed E-state index contributed by atoms with van der Waals surface area (Å²) in [5.41, 5.74) is -0.116. The molecule has 1 atom stereocenters. The number of H-pyrrole nitrogens is 1. The summed E-state index contributed by atoms with van der Waals surface area (Å²) < 4.78 is 0. The first-order valence-corrected chi connectivity index (χ1v) is 8.91. The number of hydrogen-bond donors (Lipinski definition) is 2. The van der Waals surface area contributed by atoms with Crippen LogP contribution >= 0.6 is 11.3 Å². The molecule has 0 aromatic carbocycles. The minimum atomic E-state index is -0.116. The molecular formula is C16H23N5OS. The number of nitrogens with zero attached hydrogens (tertiary/aromatic N) is 3. The lowest BCUT2D eigenvalue weighted by Gasteiger charge is -2.33. The zero-order valence-electron chi connectivity index (χ0n) is 13.6. The lowest BCUT2D eigenvalue weighted by atomic mass is 10.1. The number of nitrogens with one attached hydrogen (secondary N) is 2. The number of piperidine rings is 1. The van der Waals surface area contributed by atoms with E-state index in [4.69, 9.17) is 0 Å². The van der Waals surface area contributed by atoms with Gasteiger partial charge in [-0.2, -0.15) is 0 Å². The first-order valence-electron chi connectivity index (χ1n) is 8.10. The van der Waals surface area contributed by atoms with Crippen molar-refractivity contribution in [3.63, 3.8) is 0 Å². The second-order valence-corrected chi connectivity index (χ2v) is 7.37. The fraction of sp³-hybridized carbons (Fsp3) is 0.562. The van der Waals surface area contributed by atoms with Crippen LogP contribution in [0, 0.1) is 0 Å². The summed E-state index contributed by atoms with van der Waals surface area (Å²) in [6.45, 7) is 6.85. The minimum absolute atomic E-state index is 0.116. The molecule has 7 heteroatoms. The lowest BCUT2D eigenvalue weighted by Crippen LogP contribution is -2.47. The van der Waals surface area contributed by atoms with Crippen LogP contribution < -0.4 is 15.8 Å². The van der Waals surface area contributed by atoms with Crippen LogP contribution in [-0.4, -0.2) is 34.1 Å². The molecule has 1 aliphatic heterocycles. The molecule has 0 spiro atoms. The summed E-state index contributed by atoms with van der Waals surface area (Å²) >= 11 is 1.77. The summed E-state index contributed by atoms with van der Waals surface area (Å²) in [4.78, 5) is 26.7. The Hall–Kier alpha value is -1.73. The lowest BCUT2D eigenvalue weighted by molar-refractivity contribution is 0.419. The van der Waals surface area contributed by atoms with Gasteiger partial charge in [-0.15, -0.1) is 11.3 Å². The smallest absolute Gasteiger partial charge is 0.290 e. The van der Waals surface area contributed by atoms with E-state index in [0.717, 1.165) is 37.5 Å². The fourth-order valence-corrected chi connectivity index (χ4v) is 3.68. The number of rotatable bonds is 5. The Morgan fingerprint density at radius 3 is 3.09 bits per heavy atom. The first kappa shape index (κ1) is 16.1. The number of hydrogen-bond acceptors (Lipinski definition) is 6. The van der Waals surface area contributed by atoms with Crippen LogP contribution in [0.2, 0.25) is 0 Å². The van der Waals surface area contributed by atoms with E-state index in [9.17, 15) is 4.79 Å². The molecule has 23 heavy (non-hydrogen) atoms. The molecule has 3 rings (SSSR count). The zero-order valence-corrected chi connectivity index (χ0v) is 14.4. The van der Waals surface area contributed by atoms with E-state index in [1.165, 1.54) is 4.88 Å². The second-order valence-electron chi connectivity index (χ2n) is 6.22. The highest BCUT2D eigenvalue weighted by molar-refractivity contribution is 7.11.